The van der Waals surface area contributed by atoms with E-state index in [1.807, 2.05) is 0 Å². The van der Waals surface area contributed by atoms with Crippen molar-refractivity contribution in [2.75, 3.05) is 13.6 Å². The third-order valence-corrected chi connectivity index (χ3v) is 4.69. The van der Waals surface area contributed by atoms with Crippen LogP contribution in [0, 0.1) is 5.92 Å². The summed E-state index contributed by atoms with van der Waals surface area (Å²) in [5.74, 6) is 1.61. The fourth-order valence-corrected chi connectivity index (χ4v) is 2.52. The second kappa shape index (κ2) is 11.6. The summed E-state index contributed by atoms with van der Waals surface area (Å²) in [6.45, 7) is 14.0. The highest BCUT2D eigenvalue weighted by molar-refractivity contribution is 5.64. The van der Waals surface area contributed by atoms with Gasteiger partial charge in [-0.1, -0.05) is 66.4 Å². The average molecular weight is 311 g/mol. The Morgan fingerprint density at radius 1 is 1.23 bits per heavy atom. The number of hydrogen-bond acceptors (Lipinski definition) is 3. The van der Waals surface area contributed by atoms with Crippen LogP contribution in [0.5, 0.6) is 0 Å². The molecule has 0 saturated heterocycles. The lowest BCUT2D eigenvalue weighted by Gasteiger charge is -2.35. The minimum atomic E-state index is -0.437. The smallest absolute Gasteiger partial charge is 0.145 e. The number of carbonyl (C=O) groups excluding carboxylic acids is 1. The van der Waals surface area contributed by atoms with Crippen LogP contribution < -0.4 is 5.32 Å². The normalized spacial score (nSPS) is 12.8. The third-order valence-electron chi connectivity index (χ3n) is 4.69. The van der Waals surface area contributed by atoms with Crippen LogP contribution in [0.25, 0.3) is 0 Å². The van der Waals surface area contributed by atoms with E-state index in [0.29, 0.717) is 0 Å². The molecule has 0 aliphatic rings. The lowest BCUT2D eigenvalue weighted by atomic mass is 9.88. The number of unbranched alkanes of at least 4 members (excludes halogenated alkanes) is 2. The zero-order valence-electron chi connectivity index (χ0n) is 15.6. The largest absolute Gasteiger partial charge is 0.362 e. The van der Waals surface area contributed by atoms with Gasteiger partial charge in [-0.25, -0.2) is 0 Å². The predicted octanol–water partition coefficient (Wildman–Crippen LogP) is 4.73. The van der Waals surface area contributed by atoms with E-state index >= 15 is 0 Å². The maximum atomic E-state index is 11.8. The molecule has 0 aromatic heterocycles. The molecule has 0 saturated carbocycles. The lowest BCUT2D eigenvalue weighted by molar-refractivity contribution is -0.114. The van der Waals surface area contributed by atoms with Gasteiger partial charge in [0.2, 0.25) is 0 Å². The molecule has 0 heterocycles. The van der Waals surface area contributed by atoms with Gasteiger partial charge in [-0.2, -0.15) is 0 Å². The molecule has 1 atom stereocenters. The number of nitrogens with one attached hydrogen (secondary N) is 1. The lowest BCUT2D eigenvalue weighted by Crippen LogP contribution is -2.49. The van der Waals surface area contributed by atoms with Crippen LogP contribution >= 0.6 is 0 Å². The number of aldehydes is 1. The molecule has 1 unspecified atom stereocenters. The first kappa shape index (κ1) is 21.0. The Labute approximate surface area is 138 Å². The van der Waals surface area contributed by atoms with Gasteiger partial charge in [0.15, 0.2) is 0 Å². The highest BCUT2D eigenvalue weighted by Gasteiger charge is 2.29. The van der Waals surface area contributed by atoms with E-state index in [0.717, 1.165) is 69.5 Å². The van der Waals surface area contributed by atoms with E-state index < -0.39 is 5.54 Å². The van der Waals surface area contributed by atoms with Gasteiger partial charge in [0, 0.05) is 13.6 Å². The molecule has 0 radical (unpaired) electrons. The van der Waals surface area contributed by atoms with Crippen LogP contribution in [0.3, 0.4) is 0 Å². The third kappa shape index (κ3) is 7.86. The Kier molecular flexibility index (Phi) is 11.0. The summed E-state index contributed by atoms with van der Waals surface area (Å²) in [6, 6.07) is 0. The highest BCUT2D eigenvalue weighted by Crippen LogP contribution is 2.22. The molecule has 0 aromatic carbocycles. The number of nitrogens with zero attached hydrogens (tertiary/aromatic N) is 1. The second-order valence-electron chi connectivity index (χ2n) is 6.78. The van der Waals surface area contributed by atoms with Crippen molar-refractivity contribution in [3.63, 3.8) is 0 Å². The van der Waals surface area contributed by atoms with Crippen molar-refractivity contribution in [2.24, 2.45) is 5.92 Å². The zero-order chi connectivity index (χ0) is 17.0. The molecule has 130 valence electrons. The molecular formula is C19H38N2O. The molecule has 0 amide bonds. The summed E-state index contributed by atoms with van der Waals surface area (Å²) in [5.41, 5.74) is -0.437. The van der Waals surface area contributed by atoms with Crippen molar-refractivity contribution in [1.82, 2.24) is 10.2 Å². The molecule has 3 heteroatoms. The van der Waals surface area contributed by atoms with Crippen LogP contribution in [0.4, 0.5) is 0 Å². The van der Waals surface area contributed by atoms with Crippen molar-refractivity contribution in [3.05, 3.63) is 12.4 Å². The average Bonchev–Trinajstić information content (AvgIpc) is 2.54. The van der Waals surface area contributed by atoms with Crippen molar-refractivity contribution in [3.8, 4) is 0 Å². The number of rotatable bonds is 14. The molecule has 0 rings (SSSR count). The van der Waals surface area contributed by atoms with Gasteiger partial charge in [-0.15, -0.1) is 0 Å². The SMILES string of the molecule is C=C(NC(C=O)(CCCC)CCCC)N(C)CCC(C)CC. The summed E-state index contributed by atoms with van der Waals surface area (Å²) < 4.78 is 0. The topological polar surface area (TPSA) is 32.3 Å². The van der Waals surface area contributed by atoms with Gasteiger partial charge in [-0.3, -0.25) is 0 Å². The van der Waals surface area contributed by atoms with E-state index in [2.05, 4.69) is 51.5 Å². The maximum Gasteiger partial charge on any atom is 0.145 e. The fraction of sp³-hybridized carbons (Fsp3) is 0.842. The van der Waals surface area contributed by atoms with Crippen LogP contribution in [0.15, 0.2) is 12.4 Å². The Morgan fingerprint density at radius 2 is 1.77 bits per heavy atom. The van der Waals surface area contributed by atoms with Gasteiger partial charge >= 0.3 is 0 Å². The Balaban J connectivity index is 4.66. The van der Waals surface area contributed by atoms with Gasteiger partial charge in [0.05, 0.1) is 11.4 Å². The van der Waals surface area contributed by atoms with E-state index in [1.165, 1.54) is 6.42 Å². The standard InChI is InChI=1S/C19H38N2O/c1-7-10-13-19(16-22,14-11-8-2)20-18(5)21(6)15-12-17(4)9-3/h16-17,20H,5,7-15H2,1-4,6H3. The summed E-state index contributed by atoms with van der Waals surface area (Å²) in [6.07, 6.45) is 9.63. The quantitative estimate of drug-likeness (QED) is 0.471. The van der Waals surface area contributed by atoms with Crippen molar-refractivity contribution in [1.29, 1.82) is 0 Å². The molecule has 3 nitrogen and oxygen atoms in total. The molecule has 1 N–H and O–H groups in total. The van der Waals surface area contributed by atoms with Gasteiger partial charge in [0.1, 0.15) is 6.29 Å². The van der Waals surface area contributed by atoms with Gasteiger partial charge < -0.3 is 15.0 Å². The summed E-state index contributed by atoms with van der Waals surface area (Å²) in [5, 5.41) is 3.45. The van der Waals surface area contributed by atoms with Crippen molar-refractivity contribution < 1.29 is 4.79 Å². The summed E-state index contributed by atoms with van der Waals surface area (Å²) >= 11 is 0. The molecular weight excluding hydrogens is 272 g/mol. The van der Waals surface area contributed by atoms with Crippen LogP contribution in [0.1, 0.15) is 79.1 Å². The van der Waals surface area contributed by atoms with Gasteiger partial charge in [0.25, 0.3) is 0 Å². The summed E-state index contributed by atoms with van der Waals surface area (Å²) in [7, 11) is 2.06. The van der Waals surface area contributed by atoms with E-state index in [1.54, 1.807) is 0 Å². The molecule has 0 aliphatic heterocycles. The Hall–Kier alpha value is -0.990. The molecule has 0 aliphatic carbocycles. The van der Waals surface area contributed by atoms with E-state index in [9.17, 15) is 4.79 Å². The van der Waals surface area contributed by atoms with E-state index in [-0.39, 0.29) is 0 Å². The maximum absolute atomic E-state index is 11.8. The van der Waals surface area contributed by atoms with Crippen LogP contribution in [0.2, 0.25) is 0 Å². The molecule has 0 spiro atoms. The second-order valence-corrected chi connectivity index (χ2v) is 6.78. The monoisotopic (exact) mass is 310 g/mol. The van der Waals surface area contributed by atoms with Crippen molar-refractivity contribution in [2.45, 2.75) is 84.6 Å². The minimum absolute atomic E-state index is 0.437. The molecule has 0 fully saturated rings. The van der Waals surface area contributed by atoms with E-state index in [4.69, 9.17) is 0 Å². The molecule has 0 bridgehead atoms. The van der Waals surface area contributed by atoms with Crippen molar-refractivity contribution >= 4 is 6.29 Å². The first-order valence-corrected chi connectivity index (χ1v) is 9.09. The molecule has 22 heavy (non-hydrogen) atoms. The Morgan fingerprint density at radius 3 is 2.18 bits per heavy atom. The zero-order valence-corrected chi connectivity index (χ0v) is 15.6. The number of hydrogen-bond donors (Lipinski definition) is 1. The highest BCUT2D eigenvalue weighted by atomic mass is 16.1. The predicted molar refractivity (Wildman–Crippen MR) is 96.8 cm³/mol. The number of carbonyl (C=O) groups is 1. The fourth-order valence-electron chi connectivity index (χ4n) is 2.52. The minimum Gasteiger partial charge on any atom is -0.362 e. The van der Waals surface area contributed by atoms with Gasteiger partial charge in [-0.05, 0) is 25.2 Å². The van der Waals surface area contributed by atoms with Crippen LogP contribution in [-0.4, -0.2) is 30.3 Å². The Bertz CT molecular complexity index is 307. The first-order chi connectivity index (χ1) is 10.4. The molecule has 0 aromatic rings. The van der Waals surface area contributed by atoms with Crippen LogP contribution in [-0.2, 0) is 4.79 Å². The first-order valence-electron chi connectivity index (χ1n) is 9.09. The summed E-state index contributed by atoms with van der Waals surface area (Å²) in [4.78, 5) is 13.9.